The molecular formula is C12H17F11O7Si. The Kier molecular flexibility index (Phi) is 10.6. The van der Waals surface area contributed by atoms with Crippen molar-refractivity contribution in [2.45, 2.75) is 43.4 Å². The molecule has 0 saturated heterocycles. The Bertz CT molecular complexity index is 535. The van der Waals surface area contributed by atoms with Crippen LogP contribution in [0.3, 0.4) is 0 Å². The molecule has 19 heteroatoms. The van der Waals surface area contributed by atoms with Crippen molar-refractivity contribution in [2.24, 2.45) is 0 Å². The minimum absolute atomic E-state index is 0.0305. The molecule has 0 rings (SSSR count). The highest BCUT2D eigenvalue weighted by Gasteiger charge is 2.69. The smallest absolute Gasteiger partial charge is 0.377 e. The molecule has 0 aromatic heterocycles. The molecule has 0 N–H and O–H groups in total. The lowest BCUT2D eigenvalue weighted by molar-refractivity contribution is -0.573. The topological polar surface area (TPSA) is 64.6 Å². The Morgan fingerprint density at radius 1 is 0.645 bits per heavy atom. The van der Waals surface area contributed by atoms with E-state index in [2.05, 4.69) is 9.47 Å². The van der Waals surface area contributed by atoms with Gasteiger partial charge >= 0.3 is 39.8 Å². The summed E-state index contributed by atoms with van der Waals surface area (Å²) in [6, 6.07) is 0.0305. The predicted molar refractivity (Wildman–Crippen MR) is 76.1 cm³/mol. The molecular weight excluding hydrogens is 493 g/mol. The molecule has 0 aliphatic heterocycles. The van der Waals surface area contributed by atoms with Gasteiger partial charge in [0.1, 0.15) is 6.61 Å². The van der Waals surface area contributed by atoms with Gasteiger partial charge in [-0.05, 0) is 6.42 Å². The van der Waals surface area contributed by atoms with Crippen LogP contribution in [0.15, 0.2) is 0 Å². The molecule has 0 aromatic carbocycles. The Labute approximate surface area is 168 Å². The van der Waals surface area contributed by atoms with E-state index in [9.17, 15) is 48.3 Å². The minimum Gasteiger partial charge on any atom is -0.377 e. The fourth-order valence-corrected chi connectivity index (χ4v) is 3.47. The highest BCUT2D eigenvalue weighted by molar-refractivity contribution is 6.60. The van der Waals surface area contributed by atoms with E-state index in [-0.39, 0.29) is 12.5 Å². The largest absolute Gasteiger partial charge is 0.527 e. The maximum atomic E-state index is 13.3. The minimum atomic E-state index is -6.72. The second-order valence-electron chi connectivity index (χ2n) is 5.34. The van der Waals surface area contributed by atoms with Crippen LogP contribution in [0.25, 0.3) is 0 Å². The van der Waals surface area contributed by atoms with E-state index in [1.165, 1.54) is 21.3 Å². The van der Waals surface area contributed by atoms with Crippen LogP contribution in [0, 0.1) is 0 Å². The van der Waals surface area contributed by atoms with Gasteiger partial charge in [0.25, 0.3) is 0 Å². The quantitative estimate of drug-likeness (QED) is 0.142. The zero-order valence-electron chi connectivity index (χ0n) is 15.8. The molecule has 0 unspecified atom stereocenters. The van der Waals surface area contributed by atoms with Gasteiger partial charge in [0.15, 0.2) is 0 Å². The van der Waals surface area contributed by atoms with Gasteiger partial charge in [0, 0.05) is 34.0 Å². The van der Waals surface area contributed by atoms with Crippen LogP contribution in [-0.2, 0) is 32.2 Å². The van der Waals surface area contributed by atoms with E-state index in [1.807, 2.05) is 4.74 Å². The third-order valence-corrected chi connectivity index (χ3v) is 5.90. The lowest BCUT2D eigenvalue weighted by Gasteiger charge is -2.30. The molecule has 7 nitrogen and oxygen atoms in total. The summed E-state index contributed by atoms with van der Waals surface area (Å²) in [4.78, 5) is 0. The Hall–Kier alpha value is -0.833. The van der Waals surface area contributed by atoms with Crippen molar-refractivity contribution in [1.29, 1.82) is 0 Å². The number of rotatable bonds is 15. The molecule has 0 heterocycles. The average molecular weight is 510 g/mol. The Morgan fingerprint density at radius 3 is 1.52 bits per heavy atom. The number of ether oxygens (including phenoxy) is 4. The summed E-state index contributed by atoms with van der Waals surface area (Å²) in [6.07, 6.45) is -31.2. The van der Waals surface area contributed by atoms with E-state index < -0.39 is 53.0 Å². The van der Waals surface area contributed by atoms with Crippen LogP contribution in [0.1, 0.15) is 6.42 Å². The third-order valence-electron chi connectivity index (χ3n) is 3.07. The lowest BCUT2D eigenvalue weighted by Crippen LogP contribution is -2.52. The fraction of sp³-hybridized carbons (Fsp3) is 1.00. The molecule has 0 atom stereocenters. The molecule has 31 heavy (non-hydrogen) atoms. The zero-order chi connectivity index (χ0) is 24.8. The number of hydrogen-bond acceptors (Lipinski definition) is 7. The summed E-state index contributed by atoms with van der Waals surface area (Å²) in [6.45, 7) is -2.54. The summed E-state index contributed by atoms with van der Waals surface area (Å²) in [7, 11) is 0.619. The normalized spacial score (nSPS) is 14.9. The second kappa shape index (κ2) is 10.9. The molecule has 0 bridgehead atoms. The van der Waals surface area contributed by atoms with E-state index in [0.717, 1.165) is 0 Å². The summed E-state index contributed by atoms with van der Waals surface area (Å²) in [5.41, 5.74) is 0. The number of alkyl halides is 11. The lowest BCUT2D eigenvalue weighted by atomic mass is 10.5. The van der Waals surface area contributed by atoms with E-state index in [0.29, 0.717) is 0 Å². The van der Waals surface area contributed by atoms with Crippen molar-refractivity contribution < 1.29 is 80.5 Å². The predicted octanol–water partition coefficient (Wildman–Crippen LogP) is 4.17. The van der Waals surface area contributed by atoms with Gasteiger partial charge in [-0.1, -0.05) is 0 Å². The molecule has 0 saturated carbocycles. The first-order valence-corrected chi connectivity index (χ1v) is 9.61. The maximum Gasteiger partial charge on any atom is 0.527 e. The Balaban J connectivity index is 4.79. The molecule has 188 valence electrons. The first kappa shape index (κ1) is 30.2. The van der Waals surface area contributed by atoms with Crippen molar-refractivity contribution in [3.8, 4) is 0 Å². The van der Waals surface area contributed by atoms with E-state index in [1.54, 1.807) is 4.74 Å². The van der Waals surface area contributed by atoms with Crippen LogP contribution < -0.4 is 0 Å². The van der Waals surface area contributed by atoms with Crippen LogP contribution >= 0.6 is 0 Å². The molecule has 0 aliphatic carbocycles. The van der Waals surface area contributed by atoms with Gasteiger partial charge in [0.2, 0.25) is 0 Å². The first-order valence-electron chi connectivity index (χ1n) is 7.68. The van der Waals surface area contributed by atoms with Crippen molar-refractivity contribution in [2.75, 3.05) is 34.5 Å². The van der Waals surface area contributed by atoms with Crippen molar-refractivity contribution in [3.63, 3.8) is 0 Å². The summed E-state index contributed by atoms with van der Waals surface area (Å²) in [5.74, 6) is 0. The van der Waals surface area contributed by atoms with Crippen molar-refractivity contribution >= 4 is 8.80 Å². The van der Waals surface area contributed by atoms with Crippen LogP contribution in [0.2, 0.25) is 6.04 Å². The highest BCUT2D eigenvalue weighted by Crippen LogP contribution is 2.44. The maximum absolute atomic E-state index is 13.3. The second-order valence-corrected chi connectivity index (χ2v) is 8.43. The zero-order valence-corrected chi connectivity index (χ0v) is 16.8. The Morgan fingerprint density at radius 2 is 1.10 bits per heavy atom. The van der Waals surface area contributed by atoms with Gasteiger partial charge in [-0.3, -0.25) is 0 Å². The SMILES string of the molecule is CO[Si](CCCOCC(F)(F)OC(F)(F)OC(F)(F)C(F)(F)OC(F)(F)F)(OC)OC. The van der Waals surface area contributed by atoms with E-state index in [4.69, 9.17) is 13.3 Å². The fourth-order valence-electron chi connectivity index (χ4n) is 1.78. The number of hydrogen-bond donors (Lipinski definition) is 0. The monoisotopic (exact) mass is 510 g/mol. The molecule has 0 fully saturated rings. The summed E-state index contributed by atoms with van der Waals surface area (Å²) >= 11 is 0. The molecule has 0 radical (unpaired) electrons. The molecule has 0 spiro atoms. The van der Waals surface area contributed by atoms with Crippen molar-refractivity contribution in [3.05, 3.63) is 0 Å². The number of halogens is 11. The van der Waals surface area contributed by atoms with Crippen LogP contribution in [-0.4, -0.2) is 74.3 Å². The molecule has 0 aromatic rings. The van der Waals surface area contributed by atoms with Crippen LogP contribution in [0.5, 0.6) is 0 Å². The highest BCUT2D eigenvalue weighted by atomic mass is 28.4. The molecule has 0 aliphatic rings. The molecule has 0 amide bonds. The first-order chi connectivity index (χ1) is 13.8. The van der Waals surface area contributed by atoms with Gasteiger partial charge < -0.3 is 18.0 Å². The van der Waals surface area contributed by atoms with Crippen molar-refractivity contribution in [1.82, 2.24) is 0 Å². The third kappa shape index (κ3) is 10.6. The van der Waals surface area contributed by atoms with Gasteiger partial charge in [-0.15, -0.1) is 22.0 Å². The summed E-state index contributed by atoms with van der Waals surface area (Å²) < 4.78 is 165. The van der Waals surface area contributed by atoms with Crippen LogP contribution in [0.4, 0.5) is 48.3 Å². The van der Waals surface area contributed by atoms with Gasteiger partial charge in [-0.25, -0.2) is 14.2 Å². The van der Waals surface area contributed by atoms with Gasteiger partial charge in [-0.2, -0.15) is 26.3 Å². The van der Waals surface area contributed by atoms with Gasteiger partial charge in [0.05, 0.1) is 0 Å². The standard InChI is InChI=1S/C12H17F11O7Si/c1-24-31(25-2,26-3)6-4-5-27-7-8(13,14)28-12(22,23)30-10(17,18)9(15,16)29-11(19,20)21/h4-7H2,1-3H3. The average Bonchev–Trinajstić information content (AvgIpc) is 2.54. The summed E-state index contributed by atoms with van der Waals surface area (Å²) in [5, 5.41) is 0. The van der Waals surface area contributed by atoms with E-state index >= 15 is 0 Å².